The van der Waals surface area contributed by atoms with Crippen LogP contribution in [0.3, 0.4) is 0 Å². The molecule has 0 saturated heterocycles. The number of unbranched alkanes of at least 4 members (excludes halogenated alkanes) is 1. The van der Waals surface area contributed by atoms with Crippen molar-refractivity contribution in [3.8, 4) is 0 Å². The molecule has 0 unspecified atom stereocenters. The first-order valence-electron chi connectivity index (χ1n) is 3.92. The van der Waals surface area contributed by atoms with Gasteiger partial charge in [0.1, 0.15) is 6.29 Å². The fourth-order valence-electron chi connectivity index (χ4n) is 0.702. The molecule has 5 heteroatoms. The second-order valence-electron chi connectivity index (χ2n) is 2.54. The Morgan fingerprint density at radius 2 is 2.00 bits per heavy atom. The van der Waals surface area contributed by atoms with Crippen molar-refractivity contribution in [1.29, 1.82) is 0 Å². The van der Waals surface area contributed by atoms with E-state index in [1.54, 1.807) is 6.92 Å². The van der Waals surface area contributed by atoms with Crippen LogP contribution in [-0.2, 0) is 14.8 Å². The number of aldehydes is 1. The molecule has 0 radical (unpaired) electrons. The maximum atomic E-state index is 11.2. The van der Waals surface area contributed by atoms with Crippen LogP contribution in [0.5, 0.6) is 0 Å². The number of hydrogen-bond acceptors (Lipinski definition) is 3. The number of rotatable bonds is 6. The first kappa shape index (κ1) is 11.6. The predicted octanol–water partition coefficient (Wildman–Crippen LogP) is 0.247. The summed E-state index contributed by atoms with van der Waals surface area (Å²) in [5, 5.41) is 0. The Kier molecular flexibility index (Phi) is 5.08. The summed E-state index contributed by atoms with van der Waals surface area (Å²) in [6.07, 6.45) is 1.47. The quantitative estimate of drug-likeness (QED) is 0.449. The van der Waals surface area contributed by atoms with Gasteiger partial charge in [-0.25, -0.2) is 12.7 Å². The van der Waals surface area contributed by atoms with Crippen LogP contribution in [0.1, 0.15) is 19.8 Å². The van der Waals surface area contributed by atoms with E-state index in [1.807, 2.05) is 0 Å². The van der Waals surface area contributed by atoms with Gasteiger partial charge in [0.15, 0.2) is 0 Å². The summed E-state index contributed by atoms with van der Waals surface area (Å²) in [7, 11) is -1.57. The maximum absolute atomic E-state index is 11.2. The highest BCUT2D eigenvalue weighted by molar-refractivity contribution is 7.89. The molecule has 12 heavy (non-hydrogen) atoms. The van der Waals surface area contributed by atoms with E-state index in [0.29, 0.717) is 19.4 Å². The molecule has 72 valence electrons. The van der Waals surface area contributed by atoms with Crippen molar-refractivity contribution in [2.75, 3.05) is 19.3 Å². The van der Waals surface area contributed by atoms with E-state index in [9.17, 15) is 13.2 Å². The third-order valence-corrected chi connectivity index (χ3v) is 3.66. The van der Waals surface area contributed by atoms with Crippen molar-refractivity contribution >= 4 is 16.3 Å². The minimum absolute atomic E-state index is 0.0656. The summed E-state index contributed by atoms with van der Waals surface area (Å²) in [6, 6.07) is 0. The van der Waals surface area contributed by atoms with Crippen LogP contribution in [-0.4, -0.2) is 38.4 Å². The number of hydrogen-bond donors (Lipinski definition) is 0. The summed E-state index contributed by atoms with van der Waals surface area (Å²) in [5.41, 5.74) is 0. The van der Waals surface area contributed by atoms with Gasteiger partial charge in [-0.05, 0) is 6.42 Å². The lowest BCUT2D eigenvalue weighted by molar-refractivity contribution is -0.107. The minimum Gasteiger partial charge on any atom is -0.303 e. The molecule has 4 nitrogen and oxygen atoms in total. The Hall–Kier alpha value is -0.420. The average molecular weight is 193 g/mol. The van der Waals surface area contributed by atoms with Crippen LogP contribution in [0, 0.1) is 0 Å². The Balaban J connectivity index is 3.96. The molecular weight excluding hydrogens is 178 g/mol. The van der Waals surface area contributed by atoms with Crippen molar-refractivity contribution in [1.82, 2.24) is 4.31 Å². The van der Waals surface area contributed by atoms with Gasteiger partial charge in [-0.1, -0.05) is 6.92 Å². The fourth-order valence-corrected chi connectivity index (χ4v) is 1.94. The molecule has 0 bridgehead atoms. The predicted molar refractivity (Wildman–Crippen MR) is 47.4 cm³/mol. The van der Waals surface area contributed by atoms with Gasteiger partial charge in [-0.3, -0.25) is 0 Å². The average Bonchev–Trinajstić information content (AvgIpc) is 2.03. The van der Waals surface area contributed by atoms with Crippen molar-refractivity contribution < 1.29 is 13.2 Å². The minimum atomic E-state index is -3.11. The Labute approximate surface area is 73.6 Å². The summed E-state index contributed by atoms with van der Waals surface area (Å²) >= 11 is 0. The molecule has 0 N–H and O–H groups in total. The van der Waals surface area contributed by atoms with Crippen LogP contribution in [0.2, 0.25) is 0 Å². The molecule has 0 fully saturated rings. The number of carbonyl (C=O) groups is 1. The van der Waals surface area contributed by atoms with Crippen LogP contribution in [0.15, 0.2) is 0 Å². The second-order valence-corrected chi connectivity index (χ2v) is 4.73. The summed E-state index contributed by atoms with van der Waals surface area (Å²) in [5.74, 6) is 0.0656. The van der Waals surface area contributed by atoms with E-state index in [2.05, 4.69) is 0 Å². The smallest absolute Gasteiger partial charge is 0.213 e. The van der Waals surface area contributed by atoms with Gasteiger partial charge in [0.2, 0.25) is 10.0 Å². The third-order valence-electron chi connectivity index (χ3n) is 1.64. The summed E-state index contributed by atoms with van der Waals surface area (Å²) in [4.78, 5) is 9.92. The normalized spacial score (nSPS) is 11.9. The first-order chi connectivity index (χ1) is 5.54. The molecule has 0 heterocycles. The summed E-state index contributed by atoms with van der Waals surface area (Å²) < 4.78 is 23.8. The van der Waals surface area contributed by atoms with Crippen LogP contribution >= 0.6 is 0 Å². The molecule has 0 aliphatic rings. The molecule has 0 aliphatic carbocycles. The lowest BCUT2D eigenvalue weighted by Crippen LogP contribution is -2.28. The molecule has 0 aromatic rings. The van der Waals surface area contributed by atoms with Crippen LogP contribution in [0.25, 0.3) is 0 Å². The lowest BCUT2D eigenvalue weighted by Gasteiger charge is -2.13. The van der Waals surface area contributed by atoms with Gasteiger partial charge >= 0.3 is 0 Å². The van der Waals surface area contributed by atoms with Gasteiger partial charge in [0.25, 0.3) is 0 Å². The number of carbonyl (C=O) groups excluding carboxylic acids is 1. The van der Waals surface area contributed by atoms with E-state index in [0.717, 1.165) is 6.29 Å². The van der Waals surface area contributed by atoms with E-state index in [4.69, 9.17) is 0 Å². The lowest BCUT2D eigenvalue weighted by atomic mass is 10.4. The Bertz CT molecular complexity index is 223. The number of nitrogens with zero attached hydrogens (tertiary/aromatic N) is 1. The van der Waals surface area contributed by atoms with Gasteiger partial charge in [-0.2, -0.15) is 0 Å². The Morgan fingerprint density at radius 1 is 1.42 bits per heavy atom. The fraction of sp³-hybridized carbons (Fsp3) is 0.857. The van der Waals surface area contributed by atoms with E-state index in [1.165, 1.54) is 11.4 Å². The SMILES string of the molecule is CCN(C)S(=O)(=O)CCCC=O. The molecule has 0 saturated carbocycles. The molecule has 0 spiro atoms. The van der Waals surface area contributed by atoms with Crippen molar-refractivity contribution in [3.05, 3.63) is 0 Å². The molecule has 0 aliphatic heterocycles. The van der Waals surface area contributed by atoms with Gasteiger partial charge in [-0.15, -0.1) is 0 Å². The summed E-state index contributed by atoms with van der Waals surface area (Å²) in [6.45, 7) is 2.25. The van der Waals surface area contributed by atoms with Crippen LogP contribution in [0.4, 0.5) is 0 Å². The van der Waals surface area contributed by atoms with Crippen molar-refractivity contribution in [2.45, 2.75) is 19.8 Å². The highest BCUT2D eigenvalue weighted by atomic mass is 32.2. The largest absolute Gasteiger partial charge is 0.303 e. The van der Waals surface area contributed by atoms with Gasteiger partial charge < -0.3 is 4.79 Å². The van der Waals surface area contributed by atoms with Crippen LogP contribution < -0.4 is 0 Å². The number of sulfonamides is 1. The Morgan fingerprint density at radius 3 is 2.42 bits per heavy atom. The zero-order chi connectivity index (χ0) is 9.61. The molecule has 0 atom stereocenters. The first-order valence-corrected chi connectivity index (χ1v) is 5.53. The molecule has 0 amide bonds. The van der Waals surface area contributed by atoms with Crippen molar-refractivity contribution in [3.63, 3.8) is 0 Å². The van der Waals surface area contributed by atoms with Gasteiger partial charge in [0, 0.05) is 20.0 Å². The monoisotopic (exact) mass is 193 g/mol. The second kappa shape index (κ2) is 5.27. The van der Waals surface area contributed by atoms with Gasteiger partial charge in [0.05, 0.1) is 5.75 Å². The maximum Gasteiger partial charge on any atom is 0.213 e. The zero-order valence-corrected chi connectivity index (χ0v) is 8.30. The van der Waals surface area contributed by atoms with E-state index in [-0.39, 0.29) is 5.75 Å². The zero-order valence-electron chi connectivity index (χ0n) is 7.49. The van der Waals surface area contributed by atoms with E-state index < -0.39 is 10.0 Å². The topological polar surface area (TPSA) is 54.5 Å². The highest BCUT2D eigenvalue weighted by Crippen LogP contribution is 2.00. The van der Waals surface area contributed by atoms with Crippen molar-refractivity contribution in [2.24, 2.45) is 0 Å². The molecular formula is C7H15NO3S. The molecule has 0 aromatic heterocycles. The molecule has 0 aromatic carbocycles. The highest BCUT2D eigenvalue weighted by Gasteiger charge is 2.14. The van der Waals surface area contributed by atoms with E-state index >= 15 is 0 Å². The third kappa shape index (κ3) is 3.82. The standard InChI is InChI=1S/C7H15NO3S/c1-3-8(2)12(10,11)7-5-4-6-9/h6H,3-5,7H2,1-2H3. The molecule has 0 rings (SSSR count).